The Labute approximate surface area is 92.7 Å². The van der Waals surface area contributed by atoms with E-state index in [1.54, 1.807) is 17.4 Å². The van der Waals surface area contributed by atoms with Crippen molar-refractivity contribution in [2.75, 3.05) is 0 Å². The Bertz CT molecular complexity index is 476. The molecule has 15 heavy (non-hydrogen) atoms. The average molecular weight is 223 g/mol. The maximum atomic E-state index is 13.0. The topological polar surface area (TPSA) is 26.0 Å². The standard InChI is InChI=1S/C12H14FNS/c1-2-3-9-10-5-4-8(13)6-11(10)15-12(9)7-14/h4-6H,2-3,7,14H2,1H3. The Balaban J connectivity index is 2.63. The van der Waals surface area contributed by atoms with Crippen molar-refractivity contribution in [3.63, 3.8) is 0 Å². The average Bonchev–Trinajstić information content (AvgIpc) is 2.56. The summed E-state index contributed by atoms with van der Waals surface area (Å²) in [5.74, 6) is -0.171. The smallest absolute Gasteiger partial charge is 0.124 e. The van der Waals surface area contributed by atoms with Crippen LogP contribution < -0.4 is 5.73 Å². The first kappa shape index (κ1) is 10.6. The van der Waals surface area contributed by atoms with E-state index < -0.39 is 0 Å². The van der Waals surface area contributed by atoms with Gasteiger partial charge < -0.3 is 5.73 Å². The van der Waals surface area contributed by atoms with E-state index in [0.29, 0.717) is 6.54 Å². The summed E-state index contributed by atoms with van der Waals surface area (Å²) in [4.78, 5) is 1.19. The van der Waals surface area contributed by atoms with Gasteiger partial charge in [0.1, 0.15) is 5.82 Å². The van der Waals surface area contributed by atoms with Gasteiger partial charge in [0.05, 0.1) is 0 Å². The van der Waals surface area contributed by atoms with Crippen molar-refractivity contribution >= 4 is 21.4 Å². The molecule has 1 nitrogen and oxygen atoms in total. The summed E-state index contributed by atoms with van der Waals surface area (Å²) in [6.45, 7) is 2.70. The maximum absolute atomic E-state index is 13.0. The number of hydrogen-bond acceptors (Lipinski definition) is 2. The van der Waals surface area contributed by atoms with E-state index in [-0.39, 0.29) is 5.82 Å². The molecule has 0 unspecified atom stereocenters. The van der Waals surface area contributed by atoms with Crippen LogP contribution in [0.25, 0.3) is 10.1 Å². The monoisotopic (exact) mass is 223 g/mol. The molecule has 0 amide bonds. The molecule has 0 fully saturated rings. The highest BCUT2D eigenvalue weighted by Gasteiger charge is 2.10. The van der Waals surface area contributed by atoms with Crippen molar-refractivity contribution in [3.05, 3.63) is 34.5 Å². The first-order valence-corrected chi connectivity index (χ1v) is 5.97. The van der Waals surface area contributed by atoms with Gasteiger partial charge in [-0.15, -0.1) is 11.3 Å². The molecule has 0 saturated heterocycles. The lowest BCUT2D eigenvalue weighted by molar-refractivity contribution is 0.630. The third-order valence-corrected chi connectivity index (χ3v) is 3.74. The summed E-state index contributed by atoms with van der Waals surface area (Å²) in [6.07, 6.45) is 2.12. The molecule has 0 bridgehead atoms. The molecule has 1 heterocycles. The van der Waals surface area contributed by atoms with E-state index in [1.807, 2.05) is 6.07 Å². The second kappa shape index (κ2) is 4.29. The molecule has 0 aliphatic heterocycles. The van der Waals surface area contributed by atoms with Crippen LogP contribution in [0.2, 0.25) is 0 Å². The Kier molecular flexibility index (Phi) is 3.03. The van der Waals surface area contributed by atoms with Crippen LogP contribution in [0.5, 0.6) is 0 Å². The van der Waals surface area contributed by atoms with Crippen LogP contribution in [0.4, 0.5) is 4.39 Å². The molecule has 0 radical (unpaired) electrons. The number of fused-ring (bicyclic) bond motifs is 1. The van der Waals surface area contributed by atoms with Crippen LogP contribution in [-0.4, -0.2) is 0 Å². The molecule has 0 aliphatic rings. The van der Waals surface area contributed by atoms with Crippen LogP contribution in [-0.2, 0) is 13.0 Å². The summed E-state index contributed by atoms with van der Waals surface area (Å²) in [5.41, 5.74) is 7.01. The molecule has 2 N–H and O–H groups in total. The number of aryl methyl sites for hydroxylation is 1. The summed E-state index contributed by atoms with van der Waals surface area (Å²) in [6, 6.07) is 4.98. The second-order valence-corrected chi connectivity index (χ2v) is 4.74. The van der Waals surface area contributed by atoms with E-state index in [4.69, 9.17) is 5.73 Å². The van der Waals surface area contributed by atoms with E-state index in [2.05, 4.69) is 6.92 Å². The van der Waals surface area contributed by atoms with Gasteiger partial charge in [0.15, 0.2) is 0 Å². The minimum Gasteiger partial charge on any atom is -0.326 e. The molecule has 1 aromatic carbocycles. The molecular weight excluding hydrogens is 209 g/mol. The summed E-state index contributed by atoms with van der Waals surface area (Å²) >= 11 is 1.61. The van der Waals surface area contributed by atoms with E-state index >= 15 is 0 Å². The molecule has 0 aliphatic carbocycles. The fourth-order valence-electron chi connectivity index (χ4n) is 1.86. The lowest BCUT2D eigenvalue weighted by Gasteiger charge is -1.99. The third kappa shape index (κ3) is 1.90. The van der Waals surface area contributed by atoms with Gasteiger partial charge in [-0.3, -0.25) is 0 Å². The predicted molar refractivity (Wildman–Crippen MR) is 63.7 cm³/mol. The van der Waals surface area contributed by atoms with Crippen molar-refractivity contribution in [3.8, 4) is 0 Å². The fraction of sp³-hybridized carbons (Fsp3) is 0.333. The van der Waals surface area contributed by atoms with Crippen molar-refractivity contribution < 1.29 is 4.39 Å². The van der Waals surface area contributed by atoms with Crippen molar-refractivity contribution in [2.45, 2.75) is 26.3 Å². The second-order valence-electron chi connectivity index (χ2n) is 3.60. The van der Waals surface area contributed by atoms with Gasteiger partial charge in [-0.2, -0.15) is 0 Å². The zero-order valence-corrected chi connectivity index (χ0v) is 9.53. The Morgan fingerprint density at radius 1 is 1.40 bits per heavy atom. The first-order valence-electron chi connectivity index (χ1n) is 5.16. The molecule has 0 spiro atoms. The van der Waals surface area contributed by atoms with Gasteiger partial charge in [0.2, 0.25) is 0 Å². The minimum atomic E-state index is -0.171. The van der Waals surface area contributed by atoms with Crippen LogP contribution in [0.1, 0.15) is 23.8 Å². The first-order chi connectivity index (χ1) is 7.26. The van der Waals surface area contributed by atoms with Gasteiger partial charge in [-0.1, -0.05) is 19.4 Å². The molecule has 0 atom stereocenters. The van der Waals surface area contributed by atoms with Gasteiger partial charge in [-0.05, 0) is 29.5 Å². The highest BCUT2D eigenvalue weighted by Crippen LogP contribution is 2.32. The molecule has 3 heteroatoms. The predicted octanol–water partition coefficient (Wildman–Crippen LogP) is 3.45. The van der Waals surface area contributed by atoms with E-state index in [1.165, 1.54) is 21.9 Å². The van der Waals surface area contributed by atoms with Crippen molar-refractivity contribution in [1.29, 1.82) is 0 Å². The van der Waals surface area contributed by atoms with Gasteiger partial charge >= 0.3 is 0 Å². The van der Waals surface area contributed by atoms with Crippen LogP contribution in [0.15, 0.2) is 18.2 Å². The van der Waals surface area contributed by atoms with Gasteiger partial charge in [0.25, 0.3) is 0 Å². The molecule has 1 aromatic heterocycles. The summed E-state index contributed by atoms with van der Waals surface area (Å²) in [7, 11) is 0. The van der Waals surface area contributed by atoms with E-state index in [0.717, 1.165) is 17.5 Å². The SMILES string of the molecule is CCCc1c(CN)sc2cc(F)ccc12. The normalized spacial score (nSPS) is 11.1. The van der Waals surface area contributed by atoms with Gasteiger partial charge in [0, 0.05) is 16.1 Å². The number of thiophene rings is 1. The van der Waals surface area contributed by atoms with Crippen molar-refractivity contribution in [2.24, 2.45) is 5.73 Å². The van der Waals surface area contributed by atoms with Crippen LogP contribution >= 0.6 is 11.3 Å². The molecule has 0 saturated carbocycles. The largest absolute Gasteiger partial charge is 0.326 e. The third-order valence-electron chi connectivity index (χ3n) is 2.52. The molecule has 2 aromatic rings. The lowest BCUT2D eigenvalue weighted by atomic mass is 10.1. The number of rotatable bonds is 3. The summed E-state index contributed by atoms with van der Waals surface area (Å²) < 4.78 is 14.1. The molecular formula is C12H14FNS. The fourth-order valence-corrected chi connectivity index (χ4v) is 3.02. The number of hydrogen-bond donors (Lipinski definition) is 1. The number of halogens is 1. The highest BCUT2D eigenvalue weighted by molar-refractivity contribution is 7.19. The molecule has 80 valence electrons. The highest BCUT2D eigenvalue weighted by atomic mass is 32.1. The maximum Gasteiger partial charge on any atom is 0.124 e. The minimum absolute atomic E-state index is 0.171. The Morgan fingerprint density at radius 3 is 2.87 bits per heavy atom. The van der Waals surface area contributed by atoms with Crippen LogP contribution in [0.3, 0.4) is 0 Å². The van der Waals surface area contributed by atoms with Crippen molar-refractivity contribution in [1.82, 2.24) is 0 Å². The Hall–Kier alpha value is -0.930. The lowest BCUT2D eigenvalue weighted by Crippen LogP contribution is -1.97. The quantitative estimate of drug-likeness (QED) is 0.847. The number of nitrogens with two attached hydrogens (primary N) is 1. The Morgan fingerprint density at radius 2 is 2.20 bits per heavy atom. The zero-order valence-electron chi connectivity index (χ0n) is 8.72. The van der Waals surface area contributed by atoms with Crippen LogP contribution in [0, 0.1) is 5.82 Å². The number of benzene rings is 1. The van der Waals surface area contributed by atoms with E-state index in [9.17, 15) is 4.39 Å². The zero-order chi connectivity index (χ0) is 10.8. The molecule has 2 rings (SSSR count). The summed E-state index contributed by atoms with van der Waals surface area (Å²) in [5, 5.41) is 1.17. The van der Waals surface area contributed by atoms with Gasteiger partial charge in [-0.25, -0.2) is 4.39 Å².